The van der Waals surface area contributed by atoms with Crippen LogP contribution in [0.3, 0.4) is 0 Å². The lowest BCUT2D eigenvalue weighted by atomic mass is 9.98. The van der Waals surface area contributed by atoms with Crippen molar-refractivity contribution in [1.82, 2.24) is 8.87 Å². The summed E-state index contributed by atoms with van der Waals surface area (Å²) in [5.41, 5.74) is 1.02. The van der Waals surface area contributed by atoms with Crippen molar-refractivity contribution in [3.8, 4) is 0 Å². The van der Waals surface area contributed by atoms with E-state index in [2.05, 4.69) is 11.6 Å². The van der Waals surface area contributed by atoms with Crippen LogP contribution in [0.4, 0.5) is 0 Å². The number of benzene rings is 2. The SMILES string of the molecule is C=CCn1c(=NC(=O)C2CCN(S(=O)(=O)c3ccc(Cl)cc3)CC2)sc2ccccc21. The second-order valence-corrected chi connectivity index (χ2v) is 10.7. The van der Waals surface area contributed by atoms with Gasteiger partial charge in [-0.25, -0.2) is 8.42 Å². The molecule has 3 aromatic rings. The Morgan fingerprint density at radius 2 is 1.84 bits per heavy atom. The number of sulfonamides is 1. The van der Waals surface area contributed by atoms with Gasteiger partial charge in [-0.3, -0.25) is 4.79 Å². The van der Waals surface area contributed by atoms with Crippen LogP contribution in [0.1, 0.15) is 12.8 Å². The summed E-state index contributed by atoms with van der Waals surface area (Å²) in [4.78, 5) is 18.1. The Labute approximate surface area is 190 Å². The second kappa shape index (κ2) is 9.08. The largest absolute Gasteiger partial charge is 0.313 e. The summed E-state index contributed by atoms with van der Waals surface area (Å²) in [6.07, 6.45) is 2.67. The van der Waals surface area contributed by atoms with Crippen molar-refractivity contribution in [1.29, 1.82) is 0 Å². The zero-order valence-electron chi connectivity index (χ0n) is 16.8. The van der Waals surface area contributed by atoms with Crippen LogP contribution in [0.25, 0.3) is 10.2 Å². The van der Waals surface area contributed by atoms with Gasteiger partial charge in [-0.05, 0) is 49.2 Å². The van der Waals surface area contributed by atoms with Crippen LogP contribution in [0.15, 0.2) is 71.1 Å². The van der Waals surface area contributed by atoms with Gasteiger partial charge < -0.3 is 4.57 Å². The zero-order valence-corrected chi connectivity index (χ0v) is 19.2. The molecular weight excluding hydrogens is 454 g/mol. The Hall–Kier alpha value is -2.26. The minimum atomic E-state index is -3.60. The van der Waals surface area contributed by atoms with Gasteiger partial charge in [-0.1, -0.05) is 41.1 Å². The maximum absolute atomic E-state index is 12.9. The molecule has 4 rings (SSSR count). The number of hydrogen-bond donors (Lipinski definition) is 0. The van der Waals surface area contributed by atoms with Crippen LogP contribution in [0.5, 0.6) is 0 Å². The van der Waals surface area contributed by atoms with E-state index >= 15 is 0 Å². The Morgan fingerprint density at radius 3 is 2.52 bits per heavy atom. The summed E-state index contributed by atoms with van der Waals surface area (Å²) in [7, 11) is -3.60. The third-order valence-electron chi connectivity index (χ3n) is 5.36. The van der Waals surface area contributed by atoms with E-state index in [0.29, 0.717) is 29.2 Å². The van der Waals surface area contributed by atoms with Crippen molar-refractivity contribution in [2.45, 2.75) is 24.3 Å². The fourth-order valence-electron chi connectivity index (χ4n) is 3.70. The van der Waals surface area contributed by atoms with E-state index < -0.39 is 10.0 Å². The Bertz CT molecular complexity index is 1290. The van der Waals surface area contributed by atoms with Crippen LogP contribution in [0.2, 0.25) is 5.02 Å². The van der Waals surface area contributed by atoms with Crippen LogP contribution in [0, 0.1) is 5.92 Å². The molecule has 1 saturated heterocycles. The number of hydrogen-bond acceptors (Lipinski definition) is 4. The van der Waals surface area contributed by atoms with Gasteiger partial charge in [0.15, 0.2) is 4.80 Å². The highest BCUT2D eigenvalue weighted by atomic mass is 35.5. The van der Waals surface area contributed by atoms with Gasteiger partial charge in [0, 0.05) is 30.6 Å². The molecule has 9 heteroatoms. The molecule has 1 aliphatic rings. The summed E-state index contributed by atoms with van der Waals surface area (Å²) in [6, 6.07) is 14.0. The molecule has 0 radical (unpaired) electrons. The van der Waals surface area contributed by atoms with Crippen molar-refractivity contribution in [2.75, 3.05) is 13.1 Å². The number of amides is 1. The molecule has 1 amide bonds. The molecule has 2 heterocycles. The highest BCUT2D eigenvalue weighted by molar-refractivity contribution is 7.89. The quantitative estimate of drug-likeness (QED) is 0.522. The van der Waals surface area contributed by atoms with Gasteiger partial charge in [0.05, 0.1) is 15.1 Å². The maximum atomic E-state index is 12.9. The molecule has 162 valence electrons. The summed E-state index contributed by atoms with van der Waals surface area (Å²) in [6.45, 7) is 4.94. The first-order valence-corrected chi connectivity index (χ1v) is 12.6. The first-order chi connectivity index (χ1) is 14.9. The summed E-state index contributed by atoms with van der Waals surface area (Å²) in [5.74, 6) is -0.494. The van der Waals surface area contributed by atoms with Gasteiger partial charge in [-0.15, -0.1) is 6.58 Å². The van der Waals surface area contributed by atoms with Crippen LogP contribution < -0.4 is 4.80 Å². The molecule has 0 bridgehead atoms. The fourth-order valence-corrected chi connectivity index (χ4v) is 6.34. The number of nitrogens with zero attached hydrogens (tertiary/aromatic N) is 3. The average Bonchev–Trinajstić information content (AvgIpc) is 3.11. The Kier molecular flexibility index (Phi) is 6.43. The van der Waals surface area contributed by atoms with E-state index in [1.807, 2.05) is 28.8 Å². The van der Waals surface area contributed by atoms with E-state index in [1.165, 1.54) is 27.8 Å². The molecule has 1 aromatic heterocycles. The molecule has 0 atom stereocenters. The molecule has 31 heavy (non-hydrogen) atoms. The van der Waals surface area contributed by atoms with Crippen LogP contribution in [-0.2, 0) is 21.4 Å². The molecule has 1 fully saturated rings. The molecule has 2 aromatic carbocycles. The third-order valence-corrected chi connectivity index (χ3v) is 8.58. The number of allylic oxidation sites excluding steroid dienone is 1. The number of thiazole rings is 1. The second-order valence-electron chi connectivity index (χ2n) is 7.33. The summed E-state index contributed by atoms with van der Waals surface area (Å²) in [5, 5.41) is 0.486. The van der Waals surface area contributed by atoms with E-state index in [9.17, 15) is 13.2 Å². The highest BCUT2D eigenvalue weighted by Gasteiger charge is 2.32. The fraction of sp³-hybridized carbons (Fsp3) is 0.273. The molecule has 0 spiro atoms. The van der Waals surface area contributed by atoms with Crippen LogP contribution in [-0.4, -0.2) is 36.3 Å². The number of carbonyl (C=O) groups excluding carboxylic acids is 1. The predicted octanol–water partition coefficient (Wildman–Crippen LogP) is 4.07. The molecule has 0 saturated carbocycles. The normalized spacial score (nSPS) is 16.6. The summed E-state index contributed by atoms with van der Waals surface area (Å²) >= 11 is 7.33. The van der Waals surface area contributed by atoms with Crippen molar-refractivity contribution in [3.05, 3.63) is 71.0 Å². The third kappa shape index (κ3) is 4.52. The number of aromatic nitrogens is 1. The Balaban J connectivity index is 1.51. The molecule has 1 aliphatic heterocycles. The topological polar surface area (TPSA) is 71.7 Å². The highest BCUT2D eigenvalue weighted by Crippen LogP contribution is 2.25. The van der Waals surface area contributed by atoms with E-state index in [-0.39, 0.29) is 29.8 Å². The van der Waals surface area contributed by atoms with Gasteiger partial charge in [0.25, 0.3) is 5.91 Å². The van der Waals surface area contributed by atoms with Gasteiger partial charge in [0.1, 0.15) is 0 Å². The lowest BCUT2D eigenvalue weighted by Gasteiger charge is -2.29. The molecule has 0 N–H and O–H groups in total. The van der Waals surface area contributed by atoms with Gasteiger partial charge >= 0.3 is 0 Å². The number of fused-ring (bicyclic) bond motifs is 1. The first kappa shape index (κ1) is 22.0. The van der Waals surface area contributed by atoms with Crippen molar-refractivity contribution < 1.29 is 13.2 Å². The Morgan fingerprint density at radius 1 is 1.16 bits per heavy atom. The molecule has 6 nitrogen and oxygen atoms in total. The number of carbonyl (C=O) groups is 1. The monoisotopic (exact) mass is 475 g/mol. The predicted molar refractivity (Wildman–Crippen MR) is 124 cm³/mol. The lowest BCUT2D eigenvalue weighted by Crippen LogP contribution is -2.40. The van der Waals surface area contributed by atoms with E-state index in [1.54, 1.807) is 18.2 Å². The molecule has 0 unspecified atom stereocenters. The van der Waals surface area contributed by atoms with Crippen LogP contribution >= 0.6 is 22.9 Å². The van der Waals surface area contributed by atoms with Gasteiger partial charge in [0.2, 0.25) is 10.0 Å². The minimum absolute atomic E-state index is 0.201. The van der Waals surface area contributed by atoms with Crippen molar-refractivity contribution in [2.24, 2.45) is 10.9 Å². The lowest BCUT2D eigenvalue weighted by molar-refractivity contribution is -0.122. The summed E-state index contributed by atoms with van der Waals surface area (Å²) < 4.78 is 30.2. The number of halogens is 1. The van der Waals surface area contributed by atoms with E-state index in [4.69, 9.17) is 11.6 Å². The first-order valence-electron chi connectivity index (χ1n) is 9.93. The average molecular weight is 476 g/mol. The zero-order chi connectivity index (χ0) is 22.0. The van der Waals surface area contributed by atoms with Crippen molar-refractivity contribution >= 4 is 49.1 Å². The number of rotatable bonds is 5. The standard InChI is InChI=1S/C22H22ClN3O3S2/c1-2-13-26-19-5-3-4-6-20(19)30-22(26)24-21(27)16-11-14-25(15-12-16)31(28,29)18-9-7-17(23)8-10-18/h2-10,16H,1,11-15H2. The number of para-hydroxylation sites is 1. The molecular formula is C22H22ClN3O3S2. The minimum Gasteiger partial charge on any atom is -0.313 e. The number of piperidine rings is 1. The smallest absolute Gasteiger partial charge is 0.251 e. The van der Waals surface area contributed by atoms with Crippen molar-refractivity contribution in [3.63, 3.8) is 0 Å². The van der Waals surface area contributed by atoms with Gasteiger partial charge in [-0.2, -0.15) is 9.30 Å². The molecule has 0 aliphatic carbocycles. The van der Waals surface area contributed by atoms with E-state index in [0.717, 1.165) is 10.2 Å². The maximum Gasteiger partial charge on any atom is 0.251 e.